The van der Waals surface area contributed by atoms with E-state index in [-0.39, 0.29) is 5.56 Å². The Hall–Kier alpha value is -1.77. The summed E-state index contributed by atoms with van der Waals surface area (Å²) < 4.78 is 38.6. The number of anilines is 1. The van der Waals surface area contributed by atoms with Crippen molar-refractivity contribution in [3.8, 4) is 0 Å². The van der Waals surface area contributed by atoms with E-state index in [1.54, 1.807) is 16.8 Å². The maximum absolute atomic E-state index is 13.7. The van der Waals surface area contributed by atoms with Crippen LogP contribution >= 0.6 is 11.3 Å². The van der Waals surface area contributed by atoms with E-state index in [2.05, 4.69) is 5.32 Å². The standard InChI is InChI=1S/C13H13FN2O3S2/c1-16(2)21(18,19)12-7-9(3-4-11(12)14)13(17)15-10-5-6-20-8-10/h3-8H,1-2H3,(H,15,17). The van der Waals surface area contributed by atoms with Crippen molar-refractivity contribution >= 4 is 33.0 Å². The molecular formula is C13H13FN2O3S2. The number of rotatable bonds is 4. The Kier molecular flexibility index (Phi) is 4.40. The molecule has 0 bridgehead atoms. The van der Waals surface area contributed by atoms with Crippen molar-refractivity contribution in [1.82, 2.24) is 4.31 Å². The lowest BCUT2D eigenvalue weighted by molar-refractivity contribution is 0.102. The number of benzene rings is 1. The lowest BCUT2D eigenvalue weighted by Crippen LogP contribution is -2.24. The van der Waals surface area contributed by atoms with Crippen LogP contribution in [-0.2, 0) is 10.0 Å². The van der Waals surface area contributed by atoms with Crippen LogP contribution in [0.3, 0.4) is 0 Å². The second-order valence-electron chi connectivity index (χ2n) is 4.40. The van der Waals surface area contributed by atoms with Crippen molar-refractivity contribution < 1.29 is 17.6 Å². The molecule has 8 heteroatoms. The van der Waals surface area contributed by atoms with E-state index >= 15 is 0 Å². The summed E-state index contributed by atoms with van der Waals surface area (Å²) in [5.41, 5.74) is 0.675. The van der Waals surface area contributed by atoms with Gasteiger partial charge in [-0.1, -0.05) is 0 Å². The van der Waals surface area contributed by atoms with Crippen LogP contribution in [0.5, 0.6) is 0 Å². The van der Waals surface area contributed by atoms with Crippen molar-refractivity contribution in [2.75, 3.05) is 19.4 Å². The summed E-state index contributed by atoms with van der Waals surface area (Å²) in [7, 11) is -1.35. The van der Waals surface area contributed by atoms with Crippen LogP contribution in [-0.4, -0.2) is 32.7 Å². The summed E-state index contributed by atoms with van der Waals surface area (Å²) in [5.74, 6) is -1.39. The Morgan fingerprint density at radius 2 is 2.00 bits per heavy atom. The first-order valence-corrected chi connectivity index (χ1v) is 8.26. The van der Waals surface area contributed by atoms with Crippen molar-refractivity contribution in [3.63, 3.8) is 0 Å². The van der Waals surface area contributed by atoms with Gasteiger partial charge < -0.3 is 5.32 Å². The van der Waals surface area contributed by atoms with Gasteiger partial charge in [0, 0.05) is 25.0 Å². The lowest BCUT2D eigenvalue weighted by Gasteiger charge is -2.13. The van der Waals surface area contributed by atoms with Crippen LogP contribution in [0, 0.1) is 5.82 Å². The summed E-state index contributed by atoms with van der Waals surface area (Å²) >= 11 is 1.41. The highest BCUT2D eigenvalue weighted by Crippen LogP contribution is 2.20. The molecule has 0 aliphatic heterocycles. The molecule has 0 saturated heterocycles. The second-order valence-corrected chi connectivity index (χ2v) is 7.30. The number of halogens is 1. The number of nitrogens with one attached hydrogen (secondary N) is 1. The fourth-order valence-electron chi connectivity index (χ4n) is 1.58. The van der Waals surface area contributed by atoms with E-state index in [1.165, 1.54) is 31.5 Å². The van der Waals surface area contributed by atoms with Gasteiger partial charge in [-0.3, -0.25) is 4.79 Å². The molecule has 5 nitrogen and oxygen atoms in total. The quantitative estimate of drug-likeness (QED) is 0.937. The molecule has 1 N–H and O–H groups in total. The van der Waals surface area contributed by atoms with Gasteiger partial charge in [-0.15, -0.1) is 0 Å². The van der Waals surface area contributed by atoms with Gasteiger partial charge in [-0.25, -0.2) is 17.1 Å². The third-order valence-corrected chi connectivity index (χ3v) is 5.24. The summed E-state index contributed by atoms with van der Waals surface area (Å²) in [4.78, 5) is 11.5. The molecule has 0 spiro atoms. The summed E-state index contributed by atoms with van der Waals surface area (Å²) in [6.45, 7) is 0. The van der Waals surface area contributed by atoms with Gasteiger partial charge in [0.1, 0.15) is 10.7 Å². The number of carbonyl (C=O) groups is 1. The largest absolute Gasteiger partial charge is 0.321 e. The number of hydrogen-bond acceptors (Lipinski definition) is 4. The second kappa shape index (κ2) is 5.92. The van der Waals surface area contributed by atoms with Crippen molar-refractivity contribution in [3.05, 3.63) is 46.4 Å². The van der Waals surface area contributed by atoms with Gasteiger partial charge in [0.25, 0.3) is 5.91 Å². The zero-order valence-corrected chi connectivity index (χ0v) is 13.0. The first-order valence-electron chi connectivity index (χ1n) is 5.88. The fourth-order valence-corrected chi connectivity index (χ4v) is 3.15. The molecule has 1 aromatic heterocycles. The number of sulfonamides is 1. The third-order valence-electron chi connectivity index (χ3n) is 2.73. The van der Waals surface area contributed by atoms with Crippen molar-refractivity contribution in [2.45, 2.75) is 4.90 Å². The van der Waals surface area contributed by atoms with Gasteiger partial charge >= 0.3 is 0 Å². The van der Waals surface area contributed by atoms with Crippen molar-refractivity contribution in [2.24, 2.45) is 0 Å². The minimum absolute atomic E-state index is 0.0722. The average Bonchev–Trinajstić information content (AvgIpc) is 2.91. The summed E-state index contributed by atoms with van der Waals surface area (Å²) in [5, 5.41) is 6.14. The molecule has 0 aliphatic rings. The van der Waals surface area contributed by atoms with Gasteiger partial charge in [0.2, 0.25) is 10.0 Å². The highest BCUT2D eigenvalue weighted by Gasteiger charge is 2.23. The number of nitrogens with zero attached hydrogens (tertiary/aromatic N) is 1. The maximum atomic E-state index is 13.7. The molecule has 0 aliphatic carbocycles. The van der Waals surface area contributed by atoms with Gasteiger partial charge in [-0.05, 0) is 29.6 Å². The van der Waals surface area contributed by atoms with E-state index in [4.69, 9.17) is 0 Å². The minimum Gasteiger partial charge on any atom is -0.321 e. The first-order chi connectivity index (χ1) is 9.82. The van der Waals surface area contributed by atoms with E-state index in [0.29, 0.717) is 5.69 Å². The molecule has 0 radical (unpaired) electrons. The van der Waals surface area contributed by atoms with Crippen molar-refractivity contribution in [1.29, 1.82) is 0 Å². The molecule has 21 heavy (non-hydrogen) atoms. The number of carbonyl (C=O) groups excluding carboxylic acids is 1. The molecule has 1 amide bonds. The van der Waals surface area contributed by atoms with Gasteiger partial charge in [0.05, 0.1) is 5.69 Å². The molecule has 112 valence electrons. The summed E-state index contributed by atoms with van der Waals surface area (Å²) in [6, 6.07) is 4.96. The Morgan fingerprint density at radius 3 is 2.57 bits per heavy atom. The monoisotopic (exact) mass is 328 g/mol. The predicted octanol–water partition coefficient (Wildman–Crippen LogP) is 2.39. The van der Waals surface area contributed by atoms with E-state index in [0.717, 1.165) is 16.4 Å². The van der Waals surface area contributed by atoms with Crippen LogP contribution in [0.15, 0.2) is 39.9 Å². The highest BCUT2D eigenvalue weighted by molar-refractivity contribution is 7.89. The number of amides is 1. The SMILES string of the molecule is CN(C)S(=O)(=O)c1cc(C(=O)Nc2ccsc2)ccc1F. The van der Waals surface area contributed by atoms with Crippen LogP contribution in [0.2, 0.25) is 0 Å². The van der Waals surface area contributed by atoms with Crippen LogP contribution in [0.1, 0.15) is 10.4 Å². The van der Waals surface area contributed by atoms with Crippen LogP contribution in [0.4, 0.5) is 10.1 Å². The molecule has 1 heterocycles. The molecule has 0 saturated carbocycles. The fraction of sp³-hybridized carbons (Fsp3) is 0.154. The molecule has 0 atom stereocenters. The van der Waals surface area contributed by atoms with Gasteiger partial charge in [-0.2, -0.15) is 11.3 Å². The zero-order chi connectivity index (χ0) is 15.6. The smallest absolute Gasteiger partial charge is 0.255 e. The molecule has 1 aromatic carbocycles. The Morgan fingerprint density at radius 1 is 1.29 bits per heavy atom. The number of hydrogen-bond donors (Lipinski definition) is 1. The zero-order valence-electron chi connectivity index (χ0n) is 11.3. The topological polar surface area (TPSA) is 66.5 Å². The van der Waals surface area contributed by atoms with Crippen LogP contribution in [0.25, 0.3) is 0 Å². The highest BCUT2D eigenvalue weighted by atomic mass is 32.2. The molecule has 2 rings (SSSR count). The maximum Gasteiger partial charge on any atom is 0.255 e. The van der Waals surface area contributed by atoms with Crippen LogP contribution < -0.4 is 5.32 Å². The minimum atomic E-state index is -3.95. The average molecular weight is 328 g/mol. The third kappa shape index (κ3) is 3.29. The first kappa shape index (κ1) is 15.6. The molecule has 0 unspecified atom stereocenters. The summed E-state index contributed by atoms with van der Waals surface area (Å²) in [6.07, 6.45) is 0. The normalized spacial score (nSPS) is 11.6. The Labute approximate surface area is 126 Å². The molecule has 0 fully saturated rings. The van der Waals surface area contributed by atoms with E-state index in [1.807, 2.05) is 0 Å². The lowest BCUT2D eigenvalue weighted by atomic mass is 10.2. The van der Waals surface area contributed by atoms with Gasteiger partial charge in [0.15, 0.2) is 0 Å². The van der Waals surface area contributed by atoms with E-state index in [9.17, 15) is 17.6 Å². The molecule has 2 aromatic rings. The molecular weight excluding hydrogens is 315 g/mol. The predicted molar refractivity (Wildman–Crippen MR) is 79.5 cm³/mol. The number of thiophene rings is 1. The Balaban J connectivity index is 2.37. The Bertz CT molecular complexity index is 756. The van der Waals surface area contributed by atoms with E-state index < -0.39 is 26.6 Å².